The largest absolute Gasteiger partial charge is 0.325 e. The van der Waals surface area contributed by atoms with Gasteiger partial charge < -0.3 is 5.32 Å². The van der Waals surface area contributed by atoms with Gasteiger partial charge in [-0.1, -0.05) is 62.0 Å². The molecule has 3 aromatic rings. The predicted molar refractivity (Wildman–Crippen MR) is 104 cm³/mol. The molecule has 7 heteroatoms. The van der Waals surface area contributed by atoms with Crippen LogP contribution in [0.5, 0.6) is 0 Å². The van der Waals surface area contributed by atoms with E-state index in [1.54, 1.807) is 4.68 Å². The van der Waals surface area contributed by atoms with Crippen LogP contribution in [0.15, 0.2) is 59.8 Å². The number of amides is 1. The maximum atomic E-state index is 12.7. The maximum absolute atomic E-state index is 12.7. The summed E-state index contributed by atoms with van der Waals surface area (Å²) in [4.78, 5) is 12.7. The van der Waals surface area contributed by atoms with E-state index in [4.69, 9.17) is 0 Å². The van der Waals surface area contributed by atoms with Gasteiger partial charge in [-0.15, -0.1) is 5.10 Å². The summed E-state index contributed by atoms with van der Waals surface area (Å²) < 4.78 is 1.64. The molecule has 1 atom stereocenters. The number of aromatic nitrogens is 4. The van der Waals surface area contributed by atoms with E-state index in [1.165, 1.54) is 11.8 Å². The Morgan fingerprint density at radius 3 is 2.46 bits per heavy atom. The molecule has 26 heavy (non-hydrogen) atoms. The van der Waals surface area contributed by atoms with Crippen LogP contribution in [-0.2, 0) is 4.79 Å². The molecular formula is C19H21N5OS. The molecule has 0 unspecified atom stereocenters. The van der Waals surface area contributed by atoms with Crippen LogP contribution in [0.1, 0.15) is 32.3 Å². The molecule has 1 aromatic heterocycles. The average Bonchev–Trinajstić information content (AvgIpc) is 3.10. The van der Waals surface area contributed by atoms with E-state index in [-0.39, 0.29) is 11.2 Å². The number of tetrazole rings is 1. The summed E-state index contributed by atoms with van der Waals surface area (Å²) in [5.74, 6) is 0.255. The number of anilines is 1. The smallest absolute Gasteiger partial charge is 0.237 e. The Kier molecular flexibility index (Phi) is 5.68. The van der Waals surface area contributed by atoms with Crippen molar-refractivity contribution in [1.82, 2.24) is 20.2 Å². The van der Waals surface area contributed by atoms with Gasteiger partial charge >= 0.3 is 0 Å². The third kappa shape index (κ3) is 4.11. The first-order valence-electron chi connectivity index (χ1n) is 8.46. The number of nitrogens with zero attached hydrogens (tertiary/aromatic N) is 4. The van der Waals surface area contributed by atoms with E-state index in [1.807, 2.05) is 61.5 Å². The normalized spacial score (nSPS) is 12.2. The standard InChI is InChI=1S/C19H21N5OS/c1-13(2)16-11-7-8-12-17(16)20-18(25)14(3)26-19-21-22-23-24(19)15-9-5-4-6-10-15/h4-14H,1-3H3,(H,20,25)/t14-/m1/s1. The third-order valence-corrected chi connectivity index (χ3v) is 4.97. The number of thioether (sulfide) groups is 1. The monoisotopic (exact) mass is 367 g/mol. The molecule has 134 valence electrons. The van der Waals surface area contributed by atoms with Crippen molar-refractivity contribution in [2.75, 3.05) is 5.32 Å². The van der Waals surface area contributed by atoms with Gasteiger partial charge in [0.25, 0.3) is 0 Å². The first kappa shape index (κ1) is 18.1. The van der Waals surface area contributed by atoms with Gasteiger partial charge in [-0.2, -0.15) is 4.68 Å². The topological polar surface area (TPSA) is 72.7 Å². The minimum atomic E-state index is -0.344. The van der Waals surface area contributed by atoms with Gasteiger partial charge in [0.2, 0.25) is 11.1 Å². The van der Waals surface area contributed by atoms with Crippen LogP contribution in [0.25, 0.3) is 5.69 Å². The summed E-state index contributed by atoms with van der Waals surface area (Å²) in [5.41, 5.74) is 2.83. The molecule has 0 spiro atoms. The second-order valence-electron chi connectivity index (χ2n) is 6.20. The summed E-state index contributed by atoms with van der Waals surface area (Å²) in [6.07, 6.45) is 0. The molecule has 2 aromatic carbocycles. The van der Waals surface area contributed by atoms with Gasteiger partial charge in [0, 0.05) is 5.69 Å². The molecule has 1 heterocycles. The molecule has 3 rings (SSSR count). The van der Waals surface area contributed by atoms with Gasteiger partial charge in [0.15, 0.2) is 0 Å². The highest BCUT2D eigenvalue weighted by atomic mass is 32.2. The average molecular weight is 367 g/mol. The molecule has 0 aliphatic rings. The molecule has 0 aliphatic carbocycles. The van der Waals surface area contributed by atoms with E-state index in [0.29, 0.717) is 11.1 Å². The minimum absolute atomic E-state index is 0.0780. The third-order valence-electron chi connectivity index (χ3n) is 3.93. The minimum Gasteiger partial charge on any atom is -0.325 e. The summed E-state index contributed by atoms with van der Waals surface area (Å²) in [7, 11) is 0. The quantitative estimate of drug-likeness (QED) is 0.669. The zero-order valence-electron chi connectivity index (χ0n) is 15.0. The number of hydrogen-bond acceptors (Lipinski definition) is 5. The Balaban J connectivity index is 1.73. The highest BCUT2D eigenvalue weighted by Gasteiger charge is 2.20. The number of rotatable bonds is 6. The highest BCUT2D eigenvalue weighted by Crippen LogP contribution is 2.27. The molecule has 0 bridgehead atoms. The Morgan fingerprint density at radius 1 is 1.04 bits per heavy atom. The van der Waals surface area contributed by atoms with E-state index in [0.717, 1.165) is 16.9 Å². The van der Waals surface area contributed by atoms with Crippen LogP contribution >= 0.6 is 11.8 Å². The van der Waals surface area contributed by atoms with Gasteiger partial charge in [-0.05, 0) is 47.0 Å². The van der Waals surface area contributed by atoms with Crippen LogP contribution in [-0.4, -0.2) is 31.4 Å². The van der Waals surface area contributed by atoms with E-state index in [2.05, 4.69) is 34.7 Å². The predicted octanol–water partition coefficient (Wildman–Crippen LogP) is 3.91. The molecule has 0 radical (unpaired) electrons. The lowest BCUT2D eigenvalue weighted by Gasteiger charge is -2.16. The Bertz CT molecular complexity index is 878. The second kappa shape index (κ2) is 8.14. The zero-order valence-corrected chi connectivity index (χ0v) is 15.8. The Labute approximate surface area is 157 Å². The second-order valence-corrected chi connectivity index (χ2v) is 7.51. The Morgan fingerprint density at radius 2 is 1.73 bits per heavy atom. The van der Waals surface area contributed by atoms with Crippen molar-refractivity contribution in [3.63, 3.8) is 0 Å². The van der Waals surface area contributed by atoms with Gasteiger partial charge in [-0.25, -0.2) is 0 Å². The van der Waals surface area contributed by atoms with Crippen LogP contribution in [0, 0.1) is 0 Å². The van der Waals surface area contributed by atoms with Gasteiger partial charge in [0.1, 0.15) is 0 Å². The molecule has 6 nitrogen and oxygen atoms in total. The van der Waals surface area contributed by atoms with Crippen molar-refractivity contribution in [2.24, 2.45) is 0 Å². The maximum Gasteiger partial charge on any atom is 0.237 e. The summed E-state index contributed by atoms with van der Waals surface area (Å²) in [5, 5.41) is 15.1. The van der Waals surface area contributed by atoms with Crippen molar-refractivity contribution in [1.29, 1.82) is 0 Å². The molecule has 1 N–H and O–H groups in total. The van der Waals surface area contributed by atoms with Crippen LogP contribution < -0.4 is 5.32 Å². The van der Waals surface area contributed by atoms with E-state index in [9.17, 15) is 4.79 Å². The van der Waals surface area contributed by atoms with Crippen molar-refractivity contribution in [3.8, 4) is 5.69 Å². The fourth-order valence-electron chi connectivity index (χ4n) is 2.54. The number of benzene rings is 2. The SMILES string of the molecule is CC(C)c1ccccc1NC(=O)[C@@H](C)Sc1nnnn1-c1ccccc1. The molecule has 0 saturated heterocycles. The first-order valence-corrected chi connectivity index (χ1v) is 9.34. The number of hydrogen-bond donors (Lipinski definition) is 1. The Hall–Kier alpha value is -2.67. The van der Waals surface area contributed by atoms with E-state index < -0.39 is 0 Å². The lowest BCUT2D eigenvalue weighted by molar-refractivity contribution is -0.115. The highest BCUT2D eigenvalue weighted by molar-refractivity contribution is 8.00. The van der Waals surface area contributed by atoms with Crippen LogP contribution in [0.2, 0.25) is 0 Å². The number of para-hydroxylation sites is 2. The lowest BCUT2D eigenvalue weighted by Crippen LogP contribution is -2.23. The van der Waals surface area contributed by atoms with Crippen molar-refractivity contribution >= 4 is 23.4 Å². The van der Waals surface area contributed by atoms with E-state index >= 15 is 0 Å². The fourth-order valence-corrected chi connectivity index (χ4v) is 3.35. The zero-order chi connectivity index (χ0) is 18.5. The number of nitrogens with one attached hydrogen (secondary N) is 1. The van der Waals surface area contributed by atoms with Crippen molar-refractivity contribution < 1.29 is 4.79 Å². The summed E-state index contributed by atoms with van der Waals surface area (Å²) >= 11 is 1.33. The van der Waals surface area contributed by atoms with Gasteiger partial charge in [-0.3, -0.25) is 4.79 Å². The molecule has 1 amide bonds. The van der Waals surface area contributed by atoms with Crippen molar-refractivity contribution in [2.45, 2.75) is 37.1 Å². The molecule has 0 saturated carbocycles. The van der Waals surface area contributed by atoms with Crippen LogP contribution in [0.4, 0.5) is 5.69 Å². The molecule has 0 fully saturated rings. The lowest BCUT2D eigenvalue weighted by atomic mass is 10.0. The first-order chi connectivity index (χ1) is 12.6. The summed E-state index contributed by atoms with van der Waals surface area (Å²) in [6, 6.07) is 17.5. The fraction of sp³-hybridized carbons (Fsp3) is 0.263. The number of carbonyl (C=O) groups excluding carboxylic acids is 1. The number of carbonyl (C=O) groups is 1. The van der Waals surface area contributed by atoms with Crippen LogP contribution in [0.3, 0.4) is 0 Å². The molecule has 0 aliphatic heterocycles. The van der Waals surface area contributed by atoms with Crippen molar-refractivity contribution in [3.05, 3.63) is 60.2 Å². The van der Waals surface area contributed by atoms with Gasteiger partial charge in [0.05, 0.1) is 10.9 Å². The molecular weight excluding hydrogens is 346 g/mol. The summed E-state index contributed by atoms with van der Waals surface area (Å²) in [6.45, 7) is 6.07.